The van der Waals surface area contributed by atoms with Crippen LogP contribution < -0.4 is 4.90 Å². The molecule has 1 saturated heterocycles. The maximum Gasteiger partial charge on any atom is 0.319 e. The van der Waals surface area contributed by atoms with Crippen molar-refractivity contribution in [3.63, 3.8) is 0 Å². The van der Waals surface area contributed by atoms with Crippen LogP contribution in [0.25, 0.3) is 0 Å². The van der Waals surface area contributed by atoms with Gasteiger partial charge in [0.25, 0.3) is 5.91 Å². The van der Waals surface area contributed by atoms with Gasteiger partial charge in [0, 0.05) is 51.5 Å². The molecule has 1 aromatic rings. The average Bonchev–Trinajstić information content (AvgIpc) is 2.54. The number of piperazine rings is 1. The zero-order valence-corrected chi connectivity index (χ0v) is 13.7. The highest BCUT2D eigenvalue weighted by Crippen LogP contribution is 2.24. The Hall–Kier alpha value is -1.83. The Balaban J connectivity index is 1.91. The number of carbonyl (C=O) groups is 1. The minimum absolute atomic E-state index is 0.157. The zero-order chi connectivity index (χ0) is 17.9. The van der Waals surface area contributed by atoms with Crippen molar-refractivity contribution >= 4 is 11.6 Å². The van der Waals surface area contributed by atoms with E-state index in [1.165, 1.54) is 4.90 Å². The molecule has 1 amide bonds. The van der Waals surface area contributed by atoms with E-state index >= 15 is 0 Å². The first-order valence-electron chi connectivity index (χ1n) is 7.65. The van der Waals surface area contributed by atoms with Crippen molar-refractivity contribution in [2.24, 2.45) is 0 Å². The molecule has 0 spiro atoms. The van der Waals surface area contributed by atoms with Crippen molar-refractivity contribution < 1.29 is 22.4 Å². The first-order valence-corrected chi connectivity index (χ1v) is 7.65. The zero-order valence-electron chi connectivity index (χ0n) is 13.7. The fourth-order valence-electron chi connectivity index (χ4n) is 2.56. The number of amides is 1. The maximum absolute atomic E-state index is 13.1. The molecule has 4 nitrogen and oxygen atoms in total. The number of benzene rings is 1. The Morgan fingerprint density at radius 3 is 2.12 bits per heavy atom. The minimum atomic E-state index is -4.02. The van der Waals surface area contributed by atoms with Gasteiger partial charge in [0.2, 0.25) is 0 Å². The van der Waals surface area contributed by atoms with Gasteiger partial charge < -0.3 is 9.80 Å². The van der Waals surface area contributed by atoms with Crippen LogP contribution in [0.2, 0.25) is 0 Å². The van der Waals surface area contributed by atoms with Gasteiger partial charge in [-0.15, -0.1) is 0 Å². The molecular formula is C16H21F4N3O. The van der Waals surface area contributed by atoms with Crippen LogP contribution in [0, 0.1) is 0 Å². The van der Waals surface area contributed by atoms with Crippen LogP contribution >= 0.6 is 0 Å². The molecule has 1 heterocycles. The van der Waals surface area contributed by atoms with Crippen LogP contribution in [0.15, 0.2) is 24.3 Å². The van der Waals surface area contributed by atoms with Crippen LogP contribution in [0.4, 0.5) is 23.2 Å². The molecule has 134 valence electrons. The van der Waals surface area contributed by atoms with Crippen molar-refractivity contribution in [1.82, 2.24) is 9.80 Å². The minimum Gasteiger partial charge on any atom is -0.378 e. The molecule has 0 aliphatic carbocycles. The Labute approximate surface area is 138 Å². The second-order valence-corrected chi connectivity index (χ2v) is 6.07. The van der Waals surface area contributed by atoms with Crippen molar-refractivity contribution in [2.75, 3.05) is 51.7 Å². The molecule has 0 atom stereocenters. The van der Waals surface area contributed by atoms with Gasteiger partial charge in [-0.25, -0.2) is 8.78 Å². The molecule has 0 bridgehead atoms. The van der Waals surface area contributed by atoms with Crippen molar-refractivity contribution in [3.05, 3.63) is 29.8 Å². The van der Waals surface area contributed by atoms with Gasteiger partial charge in [-0.3, -0.25) is 9.69 Å². The number of halogens is 4. The Kier molecular flexibility index (Phi) is 5.69. The van der Waals surface area contributed by atoms with Gasteiger partial charge in [0.05, 0.1) is 6.54 Å². The molecule has 1 aliphatic heterocycles. The number of anilines is 1. The fraction of sp³-hybridized carbons (Fsp3) is 0.562. The van der Waals surface area contributed by atoms with Gasteiger partial charge >= 0.3 is 12.3 Å². The summed E-state index contributed by atoms with van der Waals surface area (Å²) in [4.78, 5) is 17.1. The standard InChI is InChI=1S/C16H21F4N3O/c1-21(2)13-5-3-12(4-6-13)14(24)23-9-7-22(8-10-23)11-16(19,20)15(17)18/h3-6,15H,7-11H2,1-2H3. The Morgan fingerprint density at radius 2 is 1.67 bits per heavy atom. The largest absolute Gasteiger partial charge is 0.378 e. The normalized spacial score (nSPS) is 16.5. The summed E-state index contributed by atoms with van der Waals surface area (Å²) >= 11 is 0. The number of carbonyl (C=O) groups excluding carboxylic acids is 1. The van der Waals surface area contributed by atoms with Gasteiger partial charge in [0.1, 0.15) is 0 Å². The SMILES string of the molecule is CN(C)c1ccc(C(=O)N2CCN(CC(F)(F)C(F)F)CC2)cc1. The number of alkyl halides is 4. The third kappa shape index (κ3) is 4.37. The van der Waals surface area contributed by atoms with E-state index in [0.29, 0.717) is 5.56 Å². The highest BCUT2D eigenvalue weighted by atomic mass is 19.3. The van der Waals surface area contributed by atoms with E-state index in [1.807, 2.05) is 31.1 Å². The lowest BCUT2D eigenvalue weighted by molar-refractivity contribution is -0.144. The highest BCUT2D eigenvalue weighted by Gasteiger charge is 2.42. The Bertz CT molecular complexity index is 555. The molecule has 24 heavy (non-hydrogen) atoms. The molecule has 1 aliphatic rings. The summed E-state index contributed by atoms with van der Waals surface area (Å²) < 4.78 is 50.6. The van der Waals surface area contributed by atoms with E-state index in [0.717, 1.165) is 5.69 Å². The van der Waals surface area contributed by atoms with Gasteiger partial charge in [0.15, 0.2) is 0 Å². The molecular weight excluding hydrogens is 326 g/mol. The summed E-state index contributed by atoms with van der Waals surface area (Å²) in [6, 6.07) is 7.09. The second-order valence-electron chi connectivity index (χ2n) is 6.07. The van der Waals surface area contributed by atoms with E-state index in [9.17, 15) is 22.4 Å². The van der Waals surface area contributed by atoms with E-state index < -0.39 is 18.9 Å². The molecule has 0 N–H and O–H groups in total. The maximum atomic E-state index is 13.1. The van der Waals surface area contributed by atoms with Crippen molar-refractivity contribution in [3.8, 4) is 0 Å². The van der Waals surface area contributed by atoms with E-state index in [1.54, 1.807) is 17.0 Å². The quantitative estimate of drug-likeness (QED) is 0.766. The van der Waals surface area contributed by atoms with Crippen LogP contribution in [0.5, 0.6) is 0 Å². The molecule has 1 aromatic carbocycles. The molecule has 0 radical (unpaired) electrons. The van der Waals surface area contributed by atoms with Gasteiger partial charge in [-0.1, -0.05) is 0 Å². The first-order chi connectivity index (χ1) is 11.2. The fourth-order valence-corrected chi connectivity index (χ4v) is 2.56. The van der Waals surface area contributed by atoms with Crippen molar-refractivity contribution in [2.45, 2.75) is 12.3 Å². The van der Waals surface area contributed by atoms with Crippen LogP contribution in [0.3, 0.4) is 0 Å². The smallest absolute Gasteiger partial charge is 0.319 e. The topological polar surface area (TPSA) is 26.8 Å². The third-order valence-corrected chi connectivity index (χ3v) is 4.04. The Morgan fingerprint density at radius 1 is 1.12 bits per heavy atom. The van der Waals surface area contributed by atoms with Gasteiger partial charge in [-0.2, -0.15) is 8.78 Å². The summed E-state index contributed by atoms with van der Waals surface area (Å²) in [7, 11) is 3.79. The van der Waals surface area contributed by atoms with E-state index in [4.69, 9.17) is 0 Å². The first kappa shape index (κ1) is 18.5. The molecule has 0 aromatic heterocycles. The number of nitrogens with zero attached hydrogens (tertiary/aromatic N) is 3. The van der Waals surface area contributed by atoms with Gasteiger partial charge in [-0.05, 0) is 24.3 Å². The summed E-state index contributed by atoms with van der Waals surface area (Å²) in [5, 5.41) is 0. The molecule has 0 saturated carbocycles. The summed E-state index contributed by atoms with van der Waals surface area (Å²) in [5.74, 6) is -4.20. The monoisotopic (exact) mass is 347 g/mol. The number of hydrogen-bond acceptors (Lipinski definition) is 3. The number of hydrogen-bond donors (Lipinski definition) is 0. The van der Waals surface area contributed by atoms with Crippen LogP contribution in [-0.4, -0.2) is 74.9 Å². The van der Waals surface area contributed by atoms with E-state index in [-0.39, 0.29) is 32.1 Å². The van der Waals surface area contributed by atoms with Crippen LogP contribution in [-0.2, 0) is 0 Å². The molecule has 8 heteroatoms. The predicted octanol–water partition coefficient (Wildman–Crippen LogP) is 2.41. The van der Waals surface area contributed by atoms with Crippen molar-refractivity contribution in [1.29, 1.82) is 0 Å². The highest BCUT2D eigenvalue weighted by molar-refractivity contribution is 5.94. The molecule has 2 rings (SSSR count). The lowest BCUT2D eigenvalue weighted by Gasteiger charge is -2.36. The molecule has 1 fully saturated rings. The lowest BCUT2D eigenvalue weighted by atomic mass is 10.1. The lowest BCUT2D eigenvalue weighted by Crippen LogP contribution is -2.52. The summed E-state index contributed by atoms with van der Waals surface area (Å²) in [6.45, 7) is -0.181. The number of rotatable bonds is 5. The van der Waals surface area contributed by atoms with Crippen LogP contribution in [0.1, 0.15) is 10.4 Å². The second kappa shape index (κ2) is 7.38. The molecule has 0 unspecified atom stereocenters. The predicted molar refractivity (Wildman–Crippen MR) is 84.1 cm³/mol. The summed E-state index contributed by atoms with van der Waals surface area (Å²) in [5.41, 5.74) is 1.48. The third-order valence-electron chi connectivity index (χ3n) is 4.04. The van der Waals surface area contributed by atoms with E-state index in [2.05, 4.69) is 0 Å². The average molecular weight is 347 g/mol. The summed E-state index contributed by atoms with van der Waals surface area (Å²) in [6.07, 6.45) is -3.67.